The zero-order valence-electron chi connectivity index (χ0n) is 17.8. The first-order valence-electron chi connectivity index (χ1n) is 9.74. The summed E-state index contributed by atoms with van der Waals surface area (Å²) in [7, 11) is 3.22. The minimum absolute atomic E-state index is 0.0851. The molecule has 0 heterocycles. The normalized spacial score (nSPS) is 10.8. The molecule has 0 saturated heterocycles. The number of para-hydroxylation sites is 1. The smallest absolute Gasteiger partial charge is 0.185 e. The number of ketones is 1. The van der Waals surface area contributed by atoms with Crippen LogP contribution >= 0.6 is 0 Å². The summed E-state index contributed by atoms with van der Waals surface area (Å²) < 4.78 is 16.8. The van der Waals surface area contributed by atoms with Crippen molar-refractivity contribution in [2.75, 3.05) is 14.2 Å². The highest BCUT2D eigenvalue weighted by Crippen LogP contribution is 2.27. The average molecular weight is 402 g/mol. The van der Waals surface area contributed by atoms with Crippen molar-refractivity contribution in [3.8, 4) is 17.2 Å². The van der Waals surface area contributed by atoms with Crippen molar-refractivity contribution < 1.29 is 19.0 Å². The van der Waals surface area contributed by atoms with Gasteiger partial charge in [-0.1, -0.05) is 42.5 Å². The SMILES string of the molecule is COc1cccc(C(=O)/C=C/c2ccc(OC)c(COc3c(C)cccc3C)c2)c1. The molecule has 0 unspecified atom stereocenters. The summed E-state index contributed by atoms with van der Waals surface area (Å²) in [6.45, 7) is 4.44. The Hall–Kier alpha value is -3.53. The number of hydrogen-bond acceptors (Lipinski definition) is 4. The molecule has 0 spiro atoms. The molecule has 4 nitrogen and oxygen atoms in total. The van der Waals surface area contributed by atoms with E-state index in [9.17, 15) is 4.79 Å². The number of carbonyl (C=O) groups excluding carboxylic acids is 1. The minimum atomic E-state index is -0.0851. The minimum Gasteiger partial charge on any atom is -0.497 e. The summed E-state index contributed by atoms with van der Waals surface area (Å²) in [5.74, 6) is 2.20. The fourth-order valence-corrected chi connectivity index (χ4v) is 3.24. The van der Waals surface area contributed by atoms with Crippen LogP contribution in [0.1, 0.15) is 32.6 Å². The summed E-state index contributed by atoms with van der Waals surface area (Å²) in [4.78, 5) is 12.5. The van der Waals surface area contributed by atoms with E-state index in [1.165, 1.54) is 0 Å². The van der Waals surface area contributed by atoms with Gasteiger partial charge in [-0.3, -0.25) is 4.79 Å². The number of aryl methyl sites for hydroxylation is 2. The number of benzene rings is 3. The second kappa shape index (κ2) is 9.79. The van der Waals surface area contributed by atoms with E-state index in [-0.39, 0.29) is 5.78 Å². The zero-order chi connectivity index (χ0) is 21.5. The van der Waals surface area contributed by atoms with E-state index in [2.05, 4.69) is 0 Å². The monoisotopic (exact) mass is 402 g/mol. The molecule has 0 bridgehead atoms. The highest BCUT2D eigenvalue weighted by atomic mass is 16.5. The second-order valence-electron chi connectivity index (χ2n) is 7.01. The quantitative estimate of drug-likeness (QED) is 0.353. The molecule has 0 radical (unpaired) electrons. The fourth-order valence-electron chi connectivity index (χ4n) is 3.24. The molecular weight excluding hydrogens is 376 g/mol. The molecule has 0 saturated carbocycles. The van der Waals surface area contributed by atoms with Crippen LogP contribution in [0.3, 0.4) is 0 Å². The number of carbonyl (C=O) groups is 1. The molecule has 0 aliphatic carbocycles. The number of hydrogen-bond donors (Lipinski definition) is 0. The number of rotatable bonds is 8. The predicted octanol–water partition coefficient (Wildman–Crippen LogP) is 5.80. The molecule has 0 aliphatic heterocycles. The Labute approximate surface area is 177 Å². The molecule has 0 aromatic heterocycles. The Morgan fingerprint density at radius 1 is 0.900 bits per heavy atom. The largest absolute Gasteiger partial charge is 0.497 e. The van der Waals surface area contributed by atoms with Crippen molar-refractivity contribution in [1.29, 1.82) is 0 Å². The lowest BCUT2D eigenvalue weighted by Gasteiger charge is -2.14. The van der Waals surface area contributed by atoms with Crippen molar-refractivity contribution in [2.45, 2.75) is 20.5 Å². The molecule has 0 aliphatic rings. The highest BCUT2D eigenvalue weighted by molar-refractivity contribution is 6.07. The van der Waals surface area contributed by atoms with Crippen LogP contribution in [0.4, 0.5) is 0 Å². The van der Waals surface area contributed by atoms with Crippen LogP contribution in [-0.2, 0) is 6.61 Å². The number of ether oxygens (including phenoxy) is 3. The summed E-state index contributed by atoms with van der Waals surface area (Å²) in [5.41, 5.74) is 4.57. The molecule has 0 fully saturated rings. The van der Waals surface area contributed by atoms with Crippen molar-refractivity contribution in [2.24, 2.45) is 0 Å². The van der Waals surface area contributed by atoms with E-state index >= 15 is 0 Å². The lowest BCUT2D eigenvalue weighted by molar-refractivity contribution is 0.104. The molecular formula is C26H26O4. The average Bonchev–Trinajstić information content (AvgIpc) is 2.77. The van der Waals surface area contributed by atoms with E-state index in [0.29, 0.717) is 17.9 Å². The van der Waals surface area contributed by atoms with Crippen LogP contribution in [0.2, 0.25) is 0 Å². The maximum atomic E-state index is 12.5. The van der Waals surface area contributed by atoms with Crippen LogP contribution in [0, 0.1) is 13.8 Å². The van der Waals surface area contributed by atoms with Crippen LogP contribution in [0.25, 0.3) is 6.08 Å². The van der Waals surface area contributed by atoms with Crippen molar-refractivity contribution in [3.63, 3.8) is 0 Å². The van der Waals surface area contributed by atoms with E-state index in [1.807, 2.05) is 56.3 Å². The molecule has 3 aromatic rings. The molecule has 3 aromatic carbocycles. The van der Waals surface area contributed by atoms with Crippen LogP contribution in [0.5, 0.6) is 17.2 Å². The summed E-state index contributed by atoms with van der Waals surface area (Å²) in [6, 6.07) is 19.0. The Bertz CT molecular complexity index is 1050. The van der Waals surface area contributed by atoms with E-state index in [1.54, 1.807) is 44.6 Å². The zero-order valence-corrected chi connectivity index (χ0v) is 17.8. The standard InChI is InChI=1S/C26H26O4/c1-18-7-5-8-19(2)26(18)30-17-22-15-20(12-14-25(22)29-4)11-13-24(27)21-9-6-10-23(16-21)28-3/h5-16H,17H2,1-4H3/b13-11+. The maximum absolute atomic E-state index is 12.5. The third-order valence-electron chi connectivity index (χ3n) is 4.87. The molecule has 4 heteroatoms. The van der Waals surface area contributed by atoms with Gasteiger partial charge in [-0.25, -0.2) is 0 Å². The predicted molar refractivity (Wildman–Crippen MR) is 120 cm³/mol. The van der Waals surface area contributed by atoms with Gasteiger partial charge in [0, 0.05) is 11.1 Å². The van der Waals surface area contributed by atoms with Crippen LogP contribution < -0.4 is 14.2 Å². The van der Waals surface area contributed by atoms with Gasteiger partial charge in [0.15, 0.2) is 5.78 Å². The lowest BCUT2D eigenvalue weighted by Crippen LogP contribution is -2.01. The number of methoxy groups -OCH3 is 2. The molecule has 3 rings (SSSR count). The van der Waals surface area contributed by atoms with Gasteiger partial charge < -0.3 is 14.2 Å². The first-order valence-corrected chi connectivity index (χ1v) is 9.74. The number of allylic oxidation sites excluding steroid dienone is 1. The van der Waals surface area contributed by atoms with Crippen molar-refractivity contribution >= 4 is 11.9 Å². The molecule has 154 valence electrons. The molecule has 0 N–H and O–H groups in total. The summed E-state index contributed by atoms with van der Waals surface area (Å²) in [5, 5.41) is 0. The highest BCUT2D eigenvalue weighted by Gasteiger charge is 2.09. The van der Waals surface area contributed by atoms with Crippen LogP contribution in [-0.4, -0.2) is 20.0 Å². The first kappa shape index (κ1) is 21.2. The fraction of sp³-hybridized carbons (Fsp3) is 0.192. The third kappa shape index (κ3) is 5.09. The molecule has 0 atom stereocenters. The van der Waals surface area contributed by atoms with Gasteiger partial charge in [-0.2, -0.15) is 0 Å². The van der Waals surface area contributed by atoms with Gasteiger partial charge in [0.2, 0.25) is 0 Å². The second-order valence-corrected chi connectivity index (χ2v) is 7.01. The van der Waals surface area contributed by atoms with E-state index in [0.717, 1.165) is 33.8 Å². The van der Waals surface area contributed by atoms with Gasteiger partial charge in [0.1, 0.15) is 23.9 Å². The Morgan fingerprint density at radius 2 is 1.63 bits per heavy atom. The van der Waals surface area contributed by atoms with Gasteiger partial charge in [-0.15, -0.1) is 0 Å². The van der Waals surface area contributed by atoms with Crippen LogP contribution in [0.15, 0.2) is 66.7 Å². The van der Waals surface area contributed by atoms with E-state index < -0.39 is 0 Å². The summed E-state index contributed by atoms with van der Waals surface area (Å²) >= 11 is 0. The Morgan fingerprint density at radius 3 is 2.33 bits per heavy atom. The lowest BCUT2D eigenvalue weighted by atomic mass is 10.1. The van der Waals surface area contributed by atoms with Gasteiger partial charge >= 0.3 is 0 Å². The Kier molecular flexibility index (Phi) is 6.91. The van der Waals surface area contributed by atoms with Crippen molar-refractivity contribution in [3.05, 3.63) is 94.6 Å². The maximum Gasteiger partial charge on any atom is 0.185 e. The summed E-state index contributed by atoms with van der Waals surface area (Å²) in [6.07, 6.45) is 3.36. The molecule has 0 amide bonds. The molecule has 30 heavy (non-hydrogen) atoms. The van der Waals surface area contributed by atoms with Gasteiger partial charge in [-0.05, 0) is 60.9 Å². The van der Waals surface area contributed by atoms with Crippen molar-refractivity contribution in [1.82, 2.24) is 0 Å². The first-order chi connectivity index (χ1) is 14.5. The topological polar surface area (TPSA) is 44.8 Å². The van der Waals surface area contributed by atoms with Gasteiger partial charge in [0.25, 0.3) is 0 Å². The van der Waals surface area contributed by atoms with Gasteiger partial charge in [0.05, 0.1) is 14.2 Å². The Balaban J connectivity index is 1.78. The van der Waals surface area contributed by atoms with E-state index in [4.69, 9.17) is 14.2 Å². The third-order valence-corrected chi connectivity index (χ3v) is 4.87.